The second-order valence-corrected chi connectivity index (χ2v) is 4.19. The van der Waals surface area contributed by atoms with Crippen molar-refractivity contribution in [3.8, 4) is 11.3 Å². The molecule has 1 heterocycles. The fraction of sp³-hybridized carbons (Fsp3) is 0.231. The Kier molecular flexibility index (Phi) is 3.32. The summed E-state index contributed by atoms with van der Waals surface area (Å²) in [5.74, 6) is 0. The molecule has 2 nitrogen and oxygen atoms in total. The molecule has 0 saturated carbocycles. The van der Waals surface area contributed by atoms with Crippen LogP contribution in [0.1, 0.15) is 5.69 Å². The van der Waals surface area contributed by atoms with Gasteiger partial charge in [0.15, 0.2) is 0 Å². The summed E-state index contributed by atoms with van der Waals surface area (Å²) in [7, 11) is 0. The fourth-order valence-electron chi connectivity index (χ4n) is 1.90. The van der Waals surface area contributed by atoms with Gasteiger partial charge in [0.25, 0.3) is 0 Å². The summed E-state index contributed by atoms with van der Waals surface area (Å²) < 4.78 is 2.20. The highest BCUT2D eigenvalue weighted by Gasteiger charge is 2.09. The predicted molar refractivity (Wildman–Crippen MR) is 68.7 cm³/mol. The first kappa shape index (κ1) is 11.2. The SMILES string of the molecule is Cc1ccc(-c2ccccc2Cl)n1CCN. The van der Waals surface area contributed by atoms with E-state index in [0.717, 1.165) is 22.8 Å². The molecule has 0 spiro atoms. The zero-order chi connectivity index (χ0) is 11.5. The van der Waals surface area contributed by atoms with E-state index in [0.29, 0.717) is 6.54 Å². The van der Waals surface area contributed by atoms with E-state index >= 15 is 0 Å². The van der Waals surface area contributed by atoms with E-state index in [4.69, 9.17) is 17.3 Å². The Morgan fingerprint density at radius 1 is 1.19 bits per heavy atom. The lowest BCUT2D eigenvalue weighted by molar-refractivity contribution is 0.700. The summed E-state index contributed by atoms with van der Waals surface area (Å²) in [5.41, 5.74) is 9.02. The van der Waals surface area contributed by atoms with Gasteiger partial charge < -0.3 is 10.3 Å². The molecule has 0 unspecified atom stereocenters. The monoisotopic (exact) mass is 234 g/mol. The molecule has 0 aliphatic rings. The largest absolute Gasteiger partial charge is 0.344 e. The standard InChI is InChI=1S/C13H15ClN2/c1-10-6-7-13(16(10)9-8-15)11-4-2-3-5-12(11)14/h2-7H,8-9,15H2,1H3. The number of hydrogen-bond acceptors (Lipinski definition) is 1. The minimum atomic E-state index is 0.632. The first-order valence-corrected chi connectivity index (χ1v) is 5.73. The first-order valence-electron chi connectivity index (χ1n) is 5.35. The van der Waals surface area contributed by atoms with Crippen molar-refractivity contribution in [1.29, 1.82) is 0 Å². The van der Waals surface area contributed by atoms with E-state index in [1.165, 1.54) is 5.69 Å². The van der Waals surface area contributed by atoms with Crippen LogP contribution in [0.3, 0.4) is 0 Å². The third-order valence-corrected chi connectivity index (χ3v) is 3.03. The third-order valence-electron chi connectivity index (χ3n) is 2.70. The number of aryl methyl sites for hydroxylation is 1. The normalized spacial score (nSPS) is 10.7. The predicted octanol–water partition coefficient (Wildman–Crippen LogP) is 3.08. The molecule has 3 heteroatoms. The minimum Gasteiger partial charge on any atom is -0.344 e. The van der Waals surface area contributed by atoms with Crippen LogP contribution in [-0.4, -0.2) is 11.1 Å². The van der Waals surface area contributed by atoms with Gasteiger partial charge in [-0.3, -0.25) is 0 Å². The molecule has 2 rings (SSSR count). The molecule has 2 aromatic rings. The van der Waals surface area contributed by atoms with E-state index in [9.17, 15) is 0 Å². The average Bonchev–Trinajstić information content (AvgIpc) is 2.62. The number of halogens is 1. The Balaban J connectivity index is 2.52. The summed E-state index contributed by atoms with van der Waals surface area (Å²) in [4.78, 5) is 0. The Labute approximate surface area is 101 Å². The maximum Gasteiger partial charge on any atom is 0.0499 e. The molecule has 0 aliphatic heterocycles. The van der Waals surface area contributed by atoms with Crippen molar-refractivity contribution in [1.82, 2.24) is 4.57 Å². The second kappa shape index (κ2) is 4.73. The summed E-state index contributed by atoms with van der Waals surface area (Å²) in [5, 5.41) is 0.777. The van der Waals surface area contributed by atoms with Crippen molar-refractivity contribution < 1.29 is 0 Å². The molecule has 0 bridgehead atoms. The molecule has 2 N–H and O–H groups in total. The molecule has 0 aliphatic carbocycles. The number of nitrogens with two attached hydrogens (primary N) is 1. The number of aromatic nitrogens is 1. The Hall–Kier alpha value is -1.25. The fourth-order valence-corrected chi connectivity index (χ4v) is 2.13. The van der Waals surface area contributed by atoms with Crippen LogP contribution in [0.25, 0.3) is 11.3 Å². The van der Waals surface area contributed by atoms with Crippen LogP contribution >= 0.6 is 11.6 Å². The first-order chi connectivity index (χ1) is 7.74. The maximum atomic E-state index is 6.20. The van der Waals surface area contributed by atoms with Crippen LogP contribution in [0.15, 0.2) is 36.4 Å². The molecular formula is C13H15ClN2. The van der Waals surface area contributed by atoms with Gasteiger partial charge in [-0.15, -0.1) is 0 Å². The zero-order valence-corrected chi connectivity index (χ0v) is 10.0. The molecule has 0 saturated heterocycles. The van der Waals surface area contributed by atoms with Crippen molar-refractivity contribution in [3.05, 3.63) is 47.1 Å². The highest BCUT2D eigenvalue weighted by Crippen LogP contribution is 2.28. The zero-order valence-electron chi connectivity index (χ0n) is 9.28. The molecule has 0 fully saturated rings. The average molecular weight is 235 g/mol. The van der Waals surface area contributed by atoms with Gasteiger partial charge in [0.05, 0.1) is 0 Å². The van der Waals surface area contributed by atoms with Crippen molar-refractivity contribution >= 4 is 11.6 Å². The van der Waals surface area contributed by atoms with Crippen LogP contribution in [0.2, 0.25) is 5.02 Å². The van der Waals surface area contributed by atoms with E-state index < -0.39 is 0 Å². The summed E-state index contributed by atoms with van der Waals surface area (Å²) in [6, 6.07) is 12.1. The minimum absolute atomic E-state index is 0.632. The van der Waals surface area contributed by atoms with Crippen LogP contribution in [0.4, 0.5) is 0 Å². The van der Waals surface area contributed by atoms with E-state index in [1.54, 1.807) is 0 Å². The van der Waals surface area contributed by atoms with Gasteiger partial charge in [0.2, 0.25) is 0 Å². The third kappa shape index (κ3) is 1.99. The van der Waals surface area contributed by atoms with Gasteiger partial charge >= 0.3 is 0 Å². The van der Waals surface area contributed by atoms with Crippen LogP contribution in [0, 0.1) is 6.92 Å². The van der Waals surface area contributed by atoms with Crippen molar-refractivity contribution in [2.45, 2.75) is 13.5 Å². The Morgan fingerprint density at radius 3 is 2.62 bits per heavy atom. The molecule has 16 heavy (non-hydrogen) atoms. The van der Waals surface area contributed by atoms with Crippen molar-refractivity contribution in [3.63, 3.8) is 0 Å². The number of hydrogen-bond donors (Lipinski definition) is 1. The number of benzene rings is 1. The van der Waals surface area contributed by atoms with Gasteiger partial charge in [-0.1, -0.05) is 29.8 Å². The molecular weight excluding hydrogens is 220 g/mol. The van der Waals surface area contributed by atoms with Gasteiger partial charge in [-0.05, 0) is 25.1 Å². The molecule has 0 amide bonds. The van der Waals surface area contributed by atoms with E-state index in [-0.39, 0.29) is 0 Å². The van der Waals surface area contributed by atoms with Gasteiger partial charge in [-0.2, -0.15) is 0 Å². The summed E-state index contributed by atoms with van der Waals surface area (Å²) in [6.45, 7) is 3.53. The quantitative estimate of drug-likeness (QED) is 0.870. The number of rotatable bonds is 3. The lowest BCUT2D eigenvalue weighted by Gasteiger charge is -2.11. The Bertz CT molecular complexity index is 488. The van der Waals surface area contributed by atoms with Crippen LogP contribution < -0.4 is 5.73 Å². The van der Waals surface area contributed by atoms with Crippen LogP contribution in [-0.2, 0) is 6.54 Å². The van der Waals surface area contributed by atoms with Crippen molar-refractivity contribution in [2.75, 3.05) is 6.54 Å². The lowest BCUT2D eigenvalue weighted by atomic mass is 10.1. The summed E-state index contributed by atoms with van der Waals surface area (Å²) in [6.07, 6.45) is 0. The number of nitrogens with zero attached hydrogens (tertiary/aromatic N) is 1. The molecule has 84 valence electrons. The maximum absolute atomic E-state index is 6.20. The summed E-state index contributed by atoms with van der Waals surface area (Å²) >= 11 is 6.20. The van der Waals surface area contributed by atoms with E-state index in [2.05, 4.69) is 23.6 Å². The molecule has 0 atom stereocenters. The Morgan fingerprint density at radius 2 is 1.94 bits per heavy atom. The van der Waals surface area contributed by atoms with Gasteiger partial charge in [0.1, 0.15) is 0 Å². The smallest absolute Gasteiger partial charge is 0.0499 e. The highest BCUT2D eigenvalue weighted by atomic mass is 35.5. The topological polar surface area (TPSA) is 30.9 Å². The van der Waals surface area contributed by atoms with E-state index in [1.807, 2.05) is 24.3 Å². The molecule has 0 radical (unpaired) electrons. The highest BCUT2D eigenvalue weighted by molar-refractivity contribution is 6.33. The lowest BCUT2D eigenvalue weighted by Crippen LogP contribution is -2.11. The molecule has 1 aromatic heterocycles. The van der Waals surface area contributed by atoms with Gasteiger partial charge in [-0.25, -0.2) is 0 Å². The van der Waals surface area contributed by atoms with Crippen LogP contribution in [0.5, 0.6) is 0 Å². The molecule has 1 aromatic carbocycles. The van der Waals surface area contributed by atoms with Gasteiger partial charge in [0, 0.05) is 35.1 Å². The van der Waals surface area contributed by atoms with Crippen molar-refractivity contribution in [2.24, 2.45) is 5.73 Å². The second-order valence-electron chi connectivity index (χ2n) is 3.78.